The summed E-state index contributed by atoms with van der Waals surface area (Å²) in [7, 11) is 0. The Morgan fingerprint density at radius 2 is 1.64 bits per heavy atom. The van der Waals surface area contributed by atoms with Gasteiger partial charge < -0.3 is 14.6 Å². The van der Waals surface area contributed by atoms with Gasteiger partial charge in [-0.3, -0.25) is 0 Å². The molecule has 3 rings (SSSR count). The van der Waals surface area contributed by atoms with Crippen molar-refractivity contribution in [3.05, 3.63) is 59.2 Å². The third kappa shape index (κ3) is 3.09. The minimum absolute atomic E-state index is 0.0689. The van der Waals surface area contributed by atoms with E-state index < -0.39 is 0 Å². The maximum atomic E-state index is 9.76. The van der Waals surface area contributed by atoms with Gasteiger partial charge in [0, 0.05) is 5.92 Å². The molecular formula is C19H22O3. The van der Waals surface area contributed by atoms with E-state index in [1.54, 1.807) is 0 Å². The SMILES string of the molecule is CC(C)c1ccc(CC(CO)c2ccc3c(c2)OCO3)cc1. The van der Waals surface area contributed by atoms with E-state index in [0.717, 1.165) is 23.5 Å². The molecule has 1 N–H and O–H groups in total. The van der Waals surface area contributed by atoms with E-state index in [0.29, 0.717) is 5.92 Å². The summed E-state index contributed by atoms with van der Waals surface area (Å²) in [5, 5.41) is 9.76. The first-order valence-electron chi connectivity index (χ1n) is 7.76. The van der Waals surface area contributed by atoms with Crippen LogP contribution in [0.15, 0.2) is 42.5 Å². The first-order valence-corrected chi connectivity index (χ1v) is 7.76. The average molecular weight is 298 g/mol. The molecule has 0 fully saturated rings. The van der Waals surface area contributed by atoms with Crippen molar-refractivity contribution in [2.24, 2.45) is 0 Å². The maximum Gasteiger partial charge on any atom is 0.231 e. The second-order valence-electron chi connectivity index (χ2n) is 6.09. The normalized spacial score (nSPS) is 14.4. The van der Waals surface area contributed by atoms with Gasteiger partial charge in [0.25, 0.3) is 0 Å². The number of benzene rings is 2. The number of rotatable bonds is 5. The van der Waals surface area contributed by atoms with Gasteiger partial charge in [-0.05, 0) is 41.2 Å². The van der Waals surface area contributed by atoms with E-state index in [2.05, 4.69) is 38.1 Å². The van der Waals surface area contributed by atoms with Crippen LogP contribution in [0.2, 0.25) is 0 Å². The Hall–Kier alpha value is -2.00. The lowest BCUT2D eigenvalue weighted by molar-refractivity contribution is 0.174. The highest BCUT2D eigenvalue weighted by atomic mass is 16.7. The molecule has 1 unspecified atom stereocenters. The van der Waals surface area contributed by atoms with Crippen LogP contribution in [-0.2, 0) is 6.42 Å². The molecule has 0 saturated heterocycles. The predicted octanol–water partition coefficient (Wildman–Crippen LogP) is 3.86. The highest BCUT2D eigenvalue weighted by Crippen LogP contribution is 2.35. The van der Waals surface area contributed by atoms with Crippen LogP contribution < -0.4 is 9.47 Å². The number of fused-ring (bicyclic) bond motifs is 1. The summed E-state index contributed by atoms with van der Waals surface area (Å²) < 4.78 is 10.8. The van der Waals surface area contributed by atoms with Crippen molar-refractivity contribution in [3.8, 4) is 11.5 Å². The van der Waals surface area contributed by atoms with Crippen LogP contribution in [0.25, 0.3) is 0 Å². The Morgan fingerprint density at radius 3 is 2.32 bits per heavy atom. The van der Waals surface area contributed by atoms with Crippen LogP contribution in [0.3, 0.4) is 0 Å². The van der Waals surface area contributed by atoms with Crippen molar-refractivity contribution in [1.29, 1.82) is 0 Å². The quantitative estimate of drug-likeness (QED) is 0.911. The molecule has 0 saturated carbocycles. The summed E-state index contributed by atoms with van der Waals surface area (Å²) in [6.45, 7) is 4.78. The third-order valence-corrected chi connectivity index (χ3v) is 4.22. The average Bonchev–Trinajstić information content (AvgIpc) is 3.00. The lowest BCUT2D eigenvalue weighted by Gasteiger charge is -2.16. The van der Waals surface area contributed by atoms with Gasteiger partial charge in [-0.15, -0.1) is 0 Å². The molecule has 0 amide bonds. The van der Waals surface area contributed by atoms with Crippen LogP contribution in [0.4, 0.5) is 0 Å². The van der Waals surface area contributed by atoms with Crippen molar-refractivity contribution in [1.82, 2.24) is 0 Å². The van der Waals surface area contributed by atoms with Crippen molar-refractivity contribution in [2.45, 2.75) is 32.1 Å². The van der Waals surface area contributed by atoms with Gasteiger partial charge in [0.05, 0.1) is 6.61 Å². The van der Waals surface area contributed by atoms with Gasteiger partial charge in [-0.2, -0.15) is 0 Å². The minimum atomic E-state index is 0.0689. The zero-order valence-corrected chi connectivity index (χ0v) is 13.1. The molecule has 0 radical (unpaired) electrons. The van der Waals surface area contributed by atoms with Gasteiger partial charge in [0.15, 0.2) is 11.5 Å². The lowest BCUT2D eigenvalue weighted by atomic mass is 9.91. The summed E-state index contributed by atoms with van der Waals surface area (Å²) in [6.07, 6.45) is 0.814. The van der Waals surface area contributed by atoms with E-state index in [1.807, 2.05) is 18.2 Å². The minimum Gasteiger partial charge on any atom is -0.454 e. The highest BCUT2D eigenvalue weighted by molar-refractivity contribution is 5.45. The van der Waals surface area contributed by atoms with Crippen LogP contribution in [-0.4, -0.2) is 18.5 Å². The molecule has 0 spiro atoms. The molecular weight excluding hydrogens is 276 g/mol. The second kappa shape index (κ2) is 6.41. The standard InChI is InChI=1S/C19H22O3/c1-13(2)15-5-3-14(4-6-15)9-17(11-20)16-7-8-18-19(10-16)22-12-21-18/h3-8,10,13,17,20H,9,11-12H2,1-2H3. The molecule has 0 aromatic heterocycles. The molecule has 0 aliphatic carbocycles. The summed E-state index contributed by atoms with van der Waals surface area (Å²) in [4.78, 5) is 0. The number of aliphatic hydroxyl groups is 1. The van der Waals surface area contributed by atoms with Gasteiger partial charge in [0.2, 0.25) is 6.79 Å². The molecule has 3 nitrogen and oxygen atoms in total. The molecule has 2 aromatic rings. The number of hydrogen-bond acceptors (Lipinski definition) is 3. The molecule has 1 aliphatic heterocycles. The molecule has 1 heterocycles. The Morgan fingerprint density at radius 1 is 0.955 bits per heavy atom. The van der Waals surface area contributed by atoms with Crippen molar-refractivity contribution >= 4 is 0 Å². The topological polar surface area (TPSA) is 38.7 Å². The van der Waals surface area contributed by atoms with Crippen molar-refractivity contribution < 1.29 is 14.6 Å². The second-order valence-corrected chi connectivity index (χ2v) is 6.09. The molecule has 2 aromatic carbocycles. The van der Waals surface area contributed by atoms with E-state index >= 15 is 0 Å². The predicted molar refractivity (Wildman–Crippen MR) is 86.6 cm³/mol. The Labute approximate surface area is 131 Å². The summed E-state index contributed by atoms with van der Waals surface area (Å²) >= 11 is 0. The molecule has 1 atom stereocenters. The first kappa shape index (κ1) is 14.9. The van der Waals surface area contributed by atoms with Gasteiger partial charge in [-0.1, -0.05) is 44.2 Å². The first-order chi connectivity index (χ1) is 10.7. The molecule has 22 heavy (non-hydrogen) atoms. The van der Waals surface area contributed by atoms with Crippen LogP contribution >= 0.6 is 0 Å². The number of ether oxygens (including phenoxy) is 2. The van der Waals surface area contributed by atoms with E-state index in [4.69, 9.17) is 9.47 Å². The maximum absolute atomic E-state index is 9.76. The van der Waals surface area contributed by atoms with Gasteiger partial charge in [0.1, 0.15) is 0 Å². The molecule has 1 aliphatic rings. The highest BCUT2D eigenvalue weighted by Gasteiger charge is 2.18. The molecule has 116 valence electrons. The fraction of sp³-hybridized carbons (Fsp3) is 0.368. The smallest absolute Gasteiger partial charge is 0.231 e. The molecule has 0 bridgehead atoms. The van der Waals surface area contributed by atoms with Crippen molar-refractivity contribution in [3.63, 3.8) is 0 Å². The third-order valence-electron chi connectivity index (χ3n) is 4.22. The summed E-state index contributed by atoms with van der Waals surface area (Å²) in [5.74, 6) is 2.16. The van der Waals surface area contributed by atoms with E-state index in [9.17, 15) is 5.11 Å². The molecule has 3 heteroatoms. The van der Waals surface area contributed by atoms with Crippen LogP contribution in [0.1, 0.15) is 42.4 Å². The Balaban J connectivity index is 1.76. The van der Waals surface area contributed by atoms with Crippen LogP contribution in [0, 0.1) is 0 Å². The number of aliphatic hydroxyl groups excluding tert-OH is 1. The van der Waals surface area contributed by atoms with Crippen molar-refractivity contribution in [2.75, 3.05) is 13.4 Å². The fourth-order valence-corrected chi connectivity index (χ4v) is 2.78. The van der Waals surface area contributed by atoms with Gasteiger partial charge >= 0.3 is 0 Å². The van der Waals surface area contributed by atoms with Crippen LogP contribution in [0.5, 0.6) is 11.5 Å². The zero-order valence-electron chi connectivity index (χ0n) is 13.1. The van der Waals surface area contributed by atoms with Gasteiger partial charge in [-0.25, -0.2) is 0 Å². The summed E-state index contributed by atoms with van der Waals surface area (Å²) in [5.41, 5.74) is 3.66. The van der Waals surface area contributed by atoms with E-state index in [1.165, 1.54) is 11.1 Å². The Kier molecular flexibility index (Phi) is 4.34. The fourth-order valence-electron chi connectivity index (χ4n) is 2.78. The largest absolute Gasteiger partial charge is 0.454 e. The zero-order chi connectivity index (χ0) is 15.5. The number of hydrogen-bond donors (Lipinski definition) is 1. The monoisotopic (exact) mass is 298 g/mol. The van der Waals surface area contributed by atoms with E-state index in [-0.39, 0.29) is 19.3 Å². The lowest BCUT2D eigenvalue weighted by Crippen LogP contribution is -2.08. The Bertz CT molecular complexity index is 632. The summed E-state index contributed by atoms with van der Waals surface area (Å²) in [6, 6.07) is 14.6.